The summed E-state index contributed by atoms with van der Waals surface area (Å²) < 4.78 is 5.46. The first-order chi connectivity index (χ1) is 36.0. The standard InChI is InChI=1S/C67H127NO5/c1-3-5-7-9-11-13-15-16-17-18-30-33-36-40-43-47-51-55-59-65(70)64(63-69)68-66(71)60-56-52-48-44-41-37-34-31-28-26-24-22-20-19-21-23-25-27-29-32-35-38-42-46-50-54-58-62-73-67(72)61-57-53-49-45-39-14-12-10-8-6-4-2/h19-20,23,25,55,59,64-65,69-70H,3-18,21-22,24,26-54,56-58,60-63H2,1-2H3,(H,68,71)/b20-19-,25-23-,59-55+. The van der Waals surface area contributed by atoms with Crippen LogP contribution < -0.4 is 5.32 Å². The molecule has 0 aliphatic rings. The number of unbranched alkanes of at least 4 members (excludes halogenated alkanes) is 46. The van der Waals surface area contributed by atoms with Crippen LogP contribution in [0.15, 0.2) is 36.5 Å². The predicted molar refractivity (Wildman–Crippen MR) is 319 cm³/mol. The molecule has 0 aromatic carbocycles. The molecule has 0 rings (SSSR count). The number of carbonyl (C=O) groups is 2. The molecule has 0 aromatic rings. The van der Waals surface area contributed by atoms with Crippen LogP contribution in [0.4, 0.5) is 0 Å². The van der Waals surface area contributed by atoms with Gasteiger partial charge in [-0.2, -0.15) is 0 Å². The topological polar surface area (TPSA) is 95.9 Å². The summed E-state index contributed by atoms with van der Waals surface area (Å²) in [5.41, 5.74) is 0. The van der Waals surface area contributed by atoms with Crippen LogP contribution in [-0.4, -0.2) is 47.4 Å². The maximum Gasteiger partial charge on any atom is 0.305 e. The number of amides is 1. The minimum absolute atomic E-state index is 0.0101. The molecule has 1 amide bonds. The molecule has 2 atom stereocenters. The predicted octanol–water partition coefficient (Wildman–Crippen LogP) is 20.8. The molecule has 73 heavy (non-hydrogen) atoms. The van der Waals surface area contributed by atoms with Gasteiger partial charge in [-0.25, -0.2) is 0 Å². The number of carbonyl (C=O) groups excluding carboxylic acids is 2. The molecule has 2 unspecified atom stereocenters. The van der Waals surface area contributed by atoms with Gasteiger partial charge in [0, 0.05) is 12.8 Å². The van der Waals surface area contributed by atoms with Crippen molar-refractivity contribution in [2.75, 3.05) is 13.2 Å². The highest BCUT2D eigenvalue weighted by atomic mass is 16.5. The fraction of sp³-hybridized carbons (Fsp3) is 0.881. The second kappa shape index (κ2) is 62.6. The van der Waals surface area contributed by atoms with Crippen molar-refractivity contribution in [1.29, 1.82) is 0 Å². The Morgan fingerprint density at radius 1 is 0.384 bits per heavy atom. The summed E-state index contributed by atoms with van der Waals surface area (Å²) in [6.45, 7) is 4.92. The molecule has 0 aromatic heterocycles. The van der Waals surface area contributed by atoms with E-state index in [4.69, 9.17) is 4.74 Å². The Morgan fingerprint density at radius 2 is 0.685 bits per heavy atom. The smallest absolute Gasteiger partial charge is 0.305 e. The summed E-state index contributed by atoms with van der Waals surface area (Å²) in [6.07, 6.45) is 79.1. The van der Waals surface area contributed by atoms with Gasteiger partial charge in [-0.05, 0) is 64.2 Å². The molecule has 0 aliphatic carbocycles. The Labute approximate surface area is 455 Å². The third-order valence-corrected chi connectivity index (χ3v) is 15.2. The van der Waals surface area contributed by atoms with Crippen LogP contribution in [-0.2, 0) is 14.3 Å². The van der Waals surface area contributed by atoms with E-state index in [-0.39, 0.29) is 18.5 Å². The van der Waals surface area contributed by atoms with Gasteiger partial charge in [-0.3, -0.25) is 9.59 Å². The maximum atomic E-state index is 12.5. The van der Waals surface area contributed by atoms with Gasteiger partial charge in [0.15, 0.2) is 0 Å². The normalized spacial score (nSPS) is 12.8. The number of ether oxygens (including phenoxy) is 1. The van der Waals surface area contributed by atoms with Gasteiger partial charge in [-0.1, -0.05) is 314 Å². The summed E-state index contributed by atoms with van der Waals surface area (Å²) in [4.78, 5) is 24.5. The first-order valence-electron chi connectivity index (χ1n) is 32.8. The molecular formula is C67H127NO5. The van der Waals surface area contributed by atoms with E-state index >= 15 is 0 Å². The first kappa shape index (κ1) is 71.1. The number of allylic oxidation sites excluding steroid dienone is 5. The third-order valence-electron chi connectivity index (χ3n) is 15.2. The fourth-order valence-corrected chi connectivity index (χ4v) is 10.1. The van der Waals surface area contributed by atoms with E-state index in [2.05, 4.69) is 43.5 Å². The van der Waals surface area contributed by atoms with Crippen LogP contribution in [0.5, 0.6) is 0 Å². The highest BCUT2D eigenvalue weighted by molar-refractivity contribution is 5.76. The van der Waals surface area contributed by atoms with Crippen molar-refractivity contribution in [3.63, 3.8) is 0 Å². The van der Waals surface area contributed by atoms with Gasteiger partial charge in [0.05, 0.1) is 25.4 Å². The van der Waals surface area contributed by atoms with Crippen molar-refractivity contribution in [2.24, 2.45) is 0 Å². The van der Waals surface area contributed by atoms with Crippen LogP contribution in [0.3, 0.4) is 0 Å². The zero-order valence-corrected chi connectivity index (χ0v) is 49.1. The molecule has 6 nitrogen and oxygen atoms in total. The number of nitrogens with one attached hydrogen (secondary N) is 1. The Hall–Kier alpha value is -1.92. The summed E-state index contributed by atoms with van der Waals surface area (Å²) in [6, 6.07) is -0.631. The van der Waals surface area contributed by atoms with Crippen LogP contribution in [0, 0.1) is 0 Å². The van der Waals surface area contributed by atoms with Gasteiger partial charge >= 0.3 is 5.97 Å². The van der Waals surface area contributed by atoms with Crippen LogP contribution in [0.2, 0.25) is 0 Å². The van der Waals surface area contributed by atoms with Crippen molar-refractivity contribution < 1.29 is 24.5 Å². The molecule has 0 aliphatic heterocycles. The molecule has 0 spiro atoms. The van der Waals surface area contributed by atoms with E-state index in [1.54, 1.807) is 6.08 Å². The average Bonchev–Trinajstić information content (AvgIpc) is 3.39. The van der Waals surface area contributed by atoms with Crippen LogP contribution in [0.1, 0.15) is 354 Å². The van der Waals surface area contributed by atoms with E-state index < -0.39 is 12.1 Å². The lowest BCUT2D eigenvalue weighted by atomic mass is 10.0. The number of aliphatic hydroxyl groups is 2. The maximum absolute atomic E-state index is 12.5. The zero-order valence-electron chi connectivity index (χ0n) is 49.1. The zero-order chi connectivity index (χ0) is 52.9. The van der Waals surface area contributed by atoms with Gasteiger partial charge in [0.2, 0.25) is 5.91 Å². The number of esters is 1. The number of rotatable bonds is 61. The summed E-state index contributed by atoms with van der Waals surface area (Å²) >= 11 is 0. The average molecular weight is 1030 g/mol. The van der Waals surface area contributed by atoms with Crippen molar-refractivity contribution in [2.45, 2.75) is 366 Å². The monoisotopic (exact) mass is 1030 g/mol. The Balaban J connectivity index is 3.45. The molecule has 0 bridgehead atoms. The van der Waals surface area contributed by atoms with Gasteiger partial charge in [0.25, 0.3) is 0 Å². The molecule has 0 radical (unpaired) electrons. The fourth-order valence-electron chi connectivity index (χ4n) is 10.1. The Bertz CT molecular complexity index is 1180. The van der Waals surface area contributed by atoms with Gasteiger partial charge < -0.3 is 20.3 Å². The molecule has 430 valence electrons. The van der Waals surface area contributed by atoms with Crippen LogP contribution >= 0.6 is 0 Å². The lowest BCUT2D eigenvalue weighted by molar-refractivity contribution is -0.143. The quantitative estimate of drug-likeness (QED) is 0.0320. The number of hydrogen-bond donors (Lipinski definition) is 3. The third kappa shape index (κ3) is 59.2. The molecule has 0 fully saturated rings. The minimum atomic E-state index is -0.847. The molecule has 0 saturated carbocycles. The van der Waals surface area contributed by atoms with E-state index in [0.717, 1.165) is 44.9 Å². The van der Waals surface area contributed by atoms with E-state index in [0.29, 0.717) is 19.4 Å². The molecule has 0 heterocycles. The highest BCUT2D eigenvalue weighted by Crippen LogP contribution is 2.17. The Morgan fingerprint density at radius 3 is 1.04 bits per heavy atom. The van der Waals surface area contributed by atoms with Crippen molar-refractivity contribution in [1.82, 2.24) is 5.32 Å². The van der Waals surface area contributed by atoms with E-state index in [9.17, 15) is 19.8 Å². The summed E-state index contributed by atoms with van der Waals surface area (Å²) in [5, 5.41) is 23.2. The van der Waals surface area contributed by atoms with Crippen molar-refractivity contribution in [3.8, 4) is 0 Å². The van der Waals surface area contributed by atoms with Crippen molar-refractivity contribution in [3.05, 3.63) is 36.5 Å². The molecule has 3 N–H and O–H groups in total. The van der Waals surface area contributed by atoms with Gasteiger partial charge in [-0.15, -0.1) is 0 Å². The van der Waals surface area contributed by atoms with Crippen molar-refractivity contribution >= 4 is 11.9 Å². The molecule has 0 saturated heterocycles. The summed E-state index contributed by atoms with van der Waals surface area (Å²) in [5.74, 6) is -0.0587. The number of hydrogen-bond acceptors (Lipinski definition) is 5. The van der Waals surface area contributed by atoms with E-state index in [1.807, 2.05) is 6.08 Å². The lowest BCUT2D eigenvalue weighted by Crippen LogP contribution is -2.45. The highest BCUT2D eigenvalue weighted by Gasteiger charge is 2.18. The van der Waals surface area contributed by atoms with E-state index in [1.165, 1.54) is 283 Å². The first-order valence-corrected chi connectivity index (χ1v) is 32.8. The SMILES string of the molecule is CCCCCCCCCCCCCCCCCC/C=C/C(O)C(CO)NC(=O)CCCCCCCCCCCCC/C=C\C/C=C\CCCCCCCCCCCOC(=O)CCCCCCCCCCCCC. The Kier molecular flexibility index (Phi) is 61.0. The van der Waals surface area contributed by atoms with Gasteiger partial charge in [0.1, 0.15) is 0 Å². The summed E-state index contributed by atoms with van der Waals surface area (Å²) in [7, 11) is 0. The number of aliphatic hydroxyl groups excluding tert-OH is 2. The molecular weight excluding hydrogens is 899 g/mol. The van der Waals surface area contributed by atoms with Crippen LogP contribution in [0.25, 0.3) is 0 Å². The molecule has 6 heteroatoms. The minimum Gasteiger partial charge on any atom is -0.466 e. The second-order valence-corrected chi connectivity index (χ2v) is 22.5. The second-order valence-electron chi connectivity index (χ2n) is 22.5. The lowest BCUT2D eigenvalue weighted by Gasteiger charge is -2.20. The largest absolute Gasteiger partial charge is 0.466 e.